The smallest absolute Gasteiger partial charge is 0.154 e. The Kier molecular flexibility index (Phi) is 3.73. The molecule has 0 aliphatic heterocycles. The van der Waals surface area contributed by atoms with Crippen molar-refractivity contribution in [2.45, 2.75) is 12.3 Å². The highest BCUT2D eigenvalue weighted by molar-refractivity contribution is 6.22. The van der Waals surface area contributed by atoms with Crippen molar-refractivity contribution in [3.05, 3.63) is 29.6 Å². The van der Waals surface area contributed by atoms with Crippen molar-refractivity contribution < 1.29 is 9.13 Å². The van der Waals surface area contributed by atoms with Crippen LogP contribution in [0.3, 0.4) is 0 Å². The predicted molar refractivity (Wildman–Crippen MR) is 51.9 cm³/mol. The Morgan fingerprint density at radius 1 is 1.64 bits per heavy atom. The standard InChI is InChI=1S/C10H9ClFNO/c1-7-2-3-9(12)4-10(7)14-6-8(11)5-13/h2-4,8H,6H2,1H3. The van der Waals surface area contributed by atoms with Crippen LogP contribution in [0.5, 0.6) is 5.75 Å². The Balaban J connectivity index is 2.67. The molecule has 0 aromatic heterocycles. The molecule has 0 radical (unpaired) electrons. The molecule has 0 heterocycles. The van der Waals surface area contributed by atoms with Crippen LogP contribution in [0.2, 0.25) is 0 Å². The quantitative estimate of drug-likeness (QED) is 0.724. The molecule has 1 aromatic rings. The fourth-order valence-corrected chi connectivity index (χ4v) is 0.993. The first-order valence-electron chi connectivity index (χ1n) is 4.06. The highest BCUT2D eigenvalue weighted by atomic mass is 35.5. The second kappa shape index (κ2) is 4.83. The van der Waals surface area contributed by atoms with Gasteiger partial charge in [-0.3, -0.25) is 0 Å². The first-order chi connectivity index (χ1) is 6.63. The number of halogens is 2. The molecule has 1 aromatic carbocycles. The number of ether oxygens (including phenoxy) is 1. The molecular weight excluding hydrogens is 205 g/mol. The lowest BCUT2D eigenvalue weighted by atomic mass is 10.2. The summed E-state index contributed by atoms with van der Waals surface area (Å²) in [5.74, 6) is 0.0552. The van der Waals surface area contributed by atoms with Crippen LogP contribution in [0.1, 0.15) is 5.56 Å². The van der Waals surface area contributed by atoms with Gasteiger partial charge in [0.05, 0.1) is 6.07 Å². The number of hydrogen-bond donors (Lipinski definition) is 0. The molecule has 1 atom stereocenters. The van der Waals surface area contributed by atoms with E-state index in [1.54, 1.807) is 13.0 Å². The molecule has 2 nitrogen and oxygen atoms in total. The fraction of sp³-hybridized carbons (Fsp3) is 0.300. The lowest BCUT2D eigenvalue weighted by molar-refractivity contribution is 0.325. The summed E-state index contributed by atoms with van der Waals surface area (Å²) in [5.41, 5.74) is 0.813. The molecule has 0 spiro atoms. The molecule has 0 aliphatic carbocycles. The molecule has 4 heteroatoms. The van der Waals surface area contributed by atoms with Gasteiger partial charge in [0, 0.05) is 6.07 Å². The van der Waals surface area contributed by atoms with E-state index < -0.39 is 5.38 Å². The van der Waals surface area contributed by atoms with Crippen LogP contribution in [0.15, 0.2) is 18.2 Å². The van der Waals surface area contributed by atoms with E-state index in [1.165, 1.54) is 12.1 Å². The summed E-state index contributed by atoms with van der Waals surface area (Å²) in [6, 6.07) is 6.05. The Hall–Kier alpha value is -1.27. The summed E-state index contributed by atoms with van der Waals surface area (Å²) in [7, 11) is 0. The number of hydrogen-bond acceptors (Lipinski definition) is 2. The van der Waals surface area contributed by atoms with E-state index in [4.69, 9.17) is 21.6 Å². The molecule has 1 unspecified atom stereocenters. The maximum absolute atomic E-state index is 12.8. The van der Waals surface area contributed by atoms with Crippen molar-refractivity contribution in [3.8, 4) is 11.8 Å². The van der Waals surface area contributed by atoms with Crippen molar-refractivity contribution in [1.82, 2.24) is 0 Å². The van der Waals surface area contributed by atoms with Crippen LogP contribution in [0.25, 0.3) is 0 Å². The maximum atomic E-state index is 12.8. The number of alkyl halides is 1. The van der Waals surface area contributed by atoms with Crippen molar-refractivity contribution in [1.29, 1.82) is 5.26 Å². The van der Waals surface area contributed by atoms with E-state index in [0.717, 1.165) is 5.56 Å². The van der Waals surface area contributed by atoms with Crippen molar-refractivity contribution in [3.63, 3.8) is 0 Å². The van der Waals surface area contributed by atoms with Gasteiger partial charge in [0.15, 0.2) is 5.38 Å². The Morgan fingerprint density at radius 3 is 3.00 bits per heavy atom. The zero-order chi connectivity index (χ0) is 10.6. The summed E-state index contributed by atoms with van der Waals surface area (Å²) >= 11 is 5.53. The number of nitrogens with zero attached hydrogens (tertiary/aromatic N) is 1. The third kappa shape index (κ3) is 2.90. The molecule has 0 amide bonds. The number of benzene rings is 1. The molecule has 74 valence electrons. The summed E-state index contributed by atoms with van der Waals surface area (Å²) in [6.45, 7) is 1.85. The van der Waals surface area contributed by atoms with Crippen LogP contribution in [-0.2, 0) is 0 Å². The van der Waals surface area contributed by atoms with Gasteiger partial charge in [-0.25, -0.2) is 4.39 Å². The summed E-state index contributed by atoms with van der Waals surface area (Å²) < 4.78 is 18.0. The van der Waals surface area contributed by atoms with E-state index >= 15 is 0 Å². The SMILES string of the molecule is Cc1ccc(F)cc1OCC(Cl)C#N. The second-order valence-electron chi connectivity index (χ2n) is 2.82. The van der Waals surface area contributed by atoms with E-state index in [2.05, 4.69) is 0 Å². The first-order valence-corrected chi connectivity index (χ1v) is 4.49. The maximum Gasteiger partial charge on any atom is 0.154 e. The first kappa shape index (κ1) is 10.8. The van der Waals surface area contributed by atoms with Gasteiger partial charge >= 0.3 is 0 Å². The van der Waals surface area contributed by atoms with Crippen LogP contribution in [0.4, 0.5) is 4.39 Å². The summed E-state index contributed by atoms with van der Waals surface area (Å²) in [6.07, 6.45) is 0. The molecule has 14 heavy (non-hydrogen) atoms. The summed E-state index contributed by atoms with van der Waals surface area (Å²) in [5, 5.41) is 7.69. The Labute approximate surface area is 86.9 Å². The molecule has 0 saturated carbocycles. The fourth-order valence-electron chi connectivity index (χ4n) is 0.930. The minimum Gasteiger partial charge on any atom is -0.491 e. The topological polar surface area (TPSA) is 33.0 Å². The lowest BCUT2D eigenvalue weighted by Crippen LogP contribution is -2.09. The average molecular weight is 214 g/mol. The molecule has 0 fully saturated rings. The van der Waals surface area contributed by atoms with Crippen molar-refractivity contribution >= 4 is 11.6 Å². The van der Waals surface area contributed by atoms with E-state index in [-0.39, 0.29) is 12.4 Å². The Morgan fingerprint density at radius 2 is 2.36 bits per heavy atom. The molecule has 0 N–H and O–H groups in total. The molecule has 0 aliphatic rings. The third-order valence-corrected chi connectivity index (χ3v) is 1.90. The predicted octanol–water partition coefficient (Wildman–Crippen LogP) is 2.64. The number of aryl methyl sites for hydroxylation is 1. The van der Waals surface area contributed by atoms with Crippen LogP contribution in [0, 0.1) is 24.1 Å². The van der Waals surface area contributed by atoms with Gasteiger partial charge < -0.3 is 4.74 Å². The minimum absolute atomic E-state index is 0.0579. The largest absolute Gasteiger partial charge is 0.491 e. The van der Waals surface area contributed by atoms with E-state index in [0.29, 0.717) is 5.75 Å². The van der Waals surface area contributed by atoms with Crippen molar-refractivity contribution in [2.75, 3.05) is 6.61 Å². The minimum atomic E-state index is -0.710. The average Bonchev–Trinajstić information content (AvgIpc) is 2.19. The molecule has 0 bridgehead atoms. The number of rotatable bonds is 3. The summed E-state index contributed by atoms with van der Waals surface area (Å²) in [4.78, 5) is 0. The Bertz CT molecular complexity index is 362. The third-order valence-electron chi connectivity index (χ3n) is 1.68. The highest BCUT2D eigenvalue weighted by Crippen LogP contribution is 2.19. The van der Waals surface area contributed by atoms with Gasteiger partial charge in [-0.2, -0.15) is 5.26 Å². The lowest BCUT2D eigenvalue weighted by Gasteiger charge is -2.08. The monoisotopic (exact) mass is 213 g/mol. The van der Waals surface area contributed by atoms with E-state index in [9.17, 15) is 4.39 Å². The molecule has 1 rings (SSSR count). The zero-order valence-corrected chi connectivity index (χ0v) is 8.38. The van der Waals surface area contributed by atoms with Crippen molar-refractivity contribution in [2.24, 2.45) is 0 Å². The van der Waals surface area contributed by atoms with Gasteiger partial charge in [-0.1, -0.05) is 6.07 Å². The van der Waals surface area contributed by atoms with Gasteiger partial charge in [0.2, 0.25) is 0 Å². The second-order valence-corrected chi connectivity index (χ2v) is 3.34. The normalized spacial score (nSPS) is 11.9. The van der Waals surface area contributed by atoms with Gasteiger partial charge in [0.1, 0.15) is 18.2 Å². The van der Waals surface area contributed by atoms with Crippen LogP contribution >= 0.6 is 11.6 Å². The van der Waals surface area contributed by atoms with E-state index in [1.807, 2.05) is 6.07 Å². The van der Waals surface area contributed by atoms with Gasteiger partial charge in [-0.15, -0.1) is 11.6 Å². The van der Waals surface area contributed by atoms with Crippen LogP contribution in [-0.4, -0.2) is 12.0 Å². The number of nitriles is 1. The molecule has 0 saturated heterocycles. The highest BCUT2D eigenvalue weighted by Gasteiger charge is 2.05. The zero-order valence-electron chi connectivity index (χ0n) is 7.63. The van der Waals surface area contributed by atoms with Gasteiger partial charge in [0.25, 0.3) is 0 Å². The van der Waals surface area contributed by atoms with Crippen LogP contribution < -0.4 is 4.74 Å². The molecular formula is C10H9ClFNO. The van der Waals surface area contributed by atoms with Gasteiger partial charge in [-0.05, 0) is 18.6 Å².